The second kappa shape index (κ2) is 6.53. The van der Waals surface area contributed by atoms with Crippen LogP contribution in [0.1, 0.15) is 44.1 Å². The molecular formula is C17H21NO2. The number of aliphatic hydroxyl groups is 1. The smallest absolute Gasteiger partial charge is 0.120 e. The highest BCUT2D eigenvalue weighted by molar-refractivity contribution is 5.31. The monoisotopic (exact) mass is 271 g/mol. The summed E-state index contributed by atoms with van der Waals surface area (Å²) in [5.74, 6) is 0.718. The minimum atomic E-state index is -0.597. The number of pyridine rings is 1. The van der Waals surface area contributed by atoms with E-state index in [-0.39, 0.29) is 12.0 Å². The van der Waals surface area contributed by atoms with Crippen molar-refractivity contribution in [3.63, 3.8) is 0 Å². The Bertz CT molecular complexity index is 540. The number of aromatic nitrogens is 1. The highest BCUT2D eigenvalue weighted by Gasteiger charge is 2.19. The van der Waals surface area contributed by atoms with E-state index in [0.29, 0.717) is 0 Å². The highest BCUT2D eigenvalue weighted by Crippen LogP contribution is 2.31. The first-order valence-electron chi connectivity index (χ1n) is 6.93. The van der Waals surface area contributed by atoms with Gasteiger partial charge in [0.1, 0.15) is 5.75 Å². The Morgan fingerprint density at radius 2 is 1.85 bits per heavy atom. The van der Waals surface area contributed by atoms with Crippen LogP contribution in [0.3, 0.4) is 0 Å². The van der Waals surface area contributed by atoms with Crippen molar-refractivity contribution in [1.82, 2.24) is 4.98 Å². The molecule has 0 bridgehead atoms. The van der Waals surface area contributed by atoms with Crippen LogP contribution in [0.2, 0.25) is 0 Å². The number of hydrogen-bond donors (Lipinski definition) is 1. The predicted octanol–water partition coefficient (Wildman–Crippen LogP) is 3.71. The summed E-state index contributed by atoms with van der Waals surface area (Å²) < 4.78 is 5.66. The summed E-state index contributed by atoms with van der Waals surface area (Å²) in [6, 6.07) is 13.4. The van der Waals surface area contributed by atoms with Crippen LogP contribution in [0.15, 0.2) is 48.7 Å². The Labute approximate surface area is 120 Å². The van der Waals surface area contributed by atoms with E-state index in [0.717, 1.165) is 17.0 Å². The summed E-state index contributed by atoms with van der Waals surface area (Å²) in [6.07, 6.45) is 1.27. The van der Waals surface area contributed by atoms with Gasteiger partial charge in [-0.3, -0.25) is 4.98 Å². The van der Waals surface area contributed by atoms with Gasteiger partial charge in [0, 0.05) is 17.8 Å². The summed E-state index contributed by atoms with van der Waals surface area (Å²) in [4.78, 5) is 4.30. The molecule has 20 heavy (non-hydrogen) atoms. The van der Waals surface area contributed by atoms with E-state index < -0.39 is 6.10 Å². The minimum absolute atomic E-state index is 0.0644. The van der Waals surface area contributed by atoms with Crippen LogP contribution in [-0.2, 0) is 0 Å². The Hall–Kier alpha value is -1.87. The van der Waals surface area contributed by atoms with Gasteiger partial charge in [-0.25, -0.2) is 0 Å². The molecule has 0 amide bonds. The van der Waals surface area contributed by atoms with E-state index in [2.05, 4.69) is 4.98 Å². The first kappa shape index (κ1) is 14.5. The number of rotatable bonds is 5. The number of nitrogens with zero attached hydrogens (tertiary/aromatic N) is 1. The van der Waals surface area contributed by atoms with Gasteiger partial charge < -0.3 is 9.84 Å². The van der Waals surface area contributed by atoms with Crippen LogP contribution in [0.4, 0.5) is 0 Å². The van der Waals surface area contributed by atoms with Gasteiger partial charge in [-0.2, -0.15) is 0 Å². The van der Waals surface area contributed by atoms with E-state index in [1.54, 1.807) is 6.20 Å². The van der Waals surface area contributed by atoms with Crippen LogP contribution >= 0.6 is 0 Å². The van der Waals surface area contributed by atoms with Crippen LogP contribution in [0.25, 0.3) is 0 Å². The van der Waals surface area contributed by atoms with E-state index in [9.17, 15) is 5.11 Å². The maximum atomic E-state index is 10.5. The second-order valence-corrected chi connectivity index (χ2v) is 5.23. The third-order valence-electron chi connectivity index (χ3n) is 3.20. The fraction of sp³-hybridized carbons (Fsp3) is 0.353. The molecule has 0 radical (unpaired) electrons. The van der Waals surface area contributed by atoms with E-state index in [1.165, 1.54) is 0 Å². The topological polar surface area (TPSA) is 42.4 Å². The second-order valence-electron chi connectivity index (χ2n) is 5.23. The van der Waals surface area contributed by atoms with Crippen molar-refractivity contribution in [3.05, 3.63) is 59.9 Å². The third kappa shape index (κ3) is 3.58. The van der Waals surface area contributed by atoms with Gasteiger partial charge in [0.25, 0.3) is 0 Å². The normalized spacial score (nSPS) is 14.1. The Balaban J connectivity index is 2.18. The number of hydrogen-bond acceptors (Lipinski definition) is 3. The molecule has 0 fully saturated rings. The van der Waals surface area contributed by atoms with Crippen LogP contribution in [-0.4, -0.2) is 16.2 Å². The molecular weight excluding hydrogens is 250 g/mol. The SMILES string of the molecule is CC(C)Oc1cccc(C(O)C(C)c2ccccn2)c1. The molecule has 1 heterocycles. The fourth-order valence-corrected chi connectivity index (χ4v) is 2.14. The van der Waals surface area contributed by atoms with Gasteiger partial charge in [0.05, 0.1) is 12.2 Å². The van der Waals surface area contributed by atoms with Gasteiger partial charge >= 0.3 is 0 Å². The third-order valence-corrected chi connectivity index (χ3v) is 3.20. The summed E-state index contributed by atoms with van der Waals surface area (Å²) in [6.45, 7) is 5.95. The Kier molecular flexibility index (Phi) is 4.74. The van der Waals surface area contributed by atoms with Crippen molar-refractivity contribution in [2.75, 3.05) is 0 Å². The lowest BCUT2D eigenvalue weighted by Crippen LogP contribution is -2.10. The minimum Gasteiger partial charge on any atom is -0.491 e. The fourth-order valence-electron chi connectivity index (χ4n) is 2.14. The summed E-state index contributed by atoms with van der Waals surface area (Å²) in [5, 5.41) is 10.5. The molecule has 3 nitrogen and oxygen atoms in total. The van der Waals surface area contributed by atoms with Crippen molar-refractivity contribution in [1.29, 1.82) is 0 Å². The maximum absolute atomic E-state index is 10.5. The zero-order chi connectivity index (χ0) is 14.5. The predicted molar refractivity (Wildman–Crippen MR) is 79.8 cm³/mol. The molecule has 0 aliphatic heterocycles. The lowest BCUT2D eigenvalue weighted by atomic mass is 9.94. The number of benzene rings is 1. The molecule has 0 aliphatic carbocycles. The number of aliphatic hydroxyl groups excluding tert-OH is 1. The van der Waals surface area contributed by atoms with Crippen molar-refractivity contribution in [3.8, 4) is 5.75 Å². The maximum Gasteiger partial charge on any atom is 0.120 e. The molecule has 0 saturated heterocycles. The molecule has 0 spiro atoms. The van der Waals surface area contributed by atoms with Crippen LogP contribution in [0.5, 0.6) is 5.75 Å². The molecule has 0 aliphatic rings. The Morgan fingerprint density at radius 1 is 1.05 bits per heavy atom. The van der Waals surface area contributed by atoms with Gasteiger partial charge in [0.2, 0.25) is 0 Å². The Morgan fingerprint density at radius 3 is 2.50 bits per heavy atom. The zero-order valence-electron chi connectivity index (χ0n) is 12.2. The van der Waals surface area contributed by atoms with E-state index in [4.69, 9.17) is 4.74 Å². The molecule has 3 heteroatoms. The molecule has 106 valence electrons. The first-order chi connectivity index (χ1) is 9.58. The molecule has 1 N–H and O–H groups in total. The van der Waals surface area contributed by atoms with Crippen molar-refractivity contribution >= 4 is 0 Å². The van der Waals surface area contributed by atoms with Crippen molar-refractivity contribution < 1.29 is 9.84 Å². The molecule has 2 atom stereocenters. The zero-order valence-corrected chi connectivity index (χ0v) is 12.2. The van der Waals surface area contributed by atoms with Crippen molar-refractivity contribution in [2.45, 2.75) is 38.9 Å². The highest BCUT2D eigenvalue weighted by atomic mass is 16.5. The van der Waals surface area contributed by atoms with Crippen molar-refractivity contribution in [2.24, 2.45) is 0 Å². The van der Waals surface area contributed by atoms with Gasteiger partial charge in [-0.05, 0) is 43.7 Å². The van der Waals surface area contributed by atoms with E-state index >= 15 is 0 Å². The lowest BCUT2D eigenvalue weighted by molar-refractivity contribution is 0.149. The lowest BCUT2D eigenvalue weighted by Gasteiger charge is -2.20. The number of ether oxygens (including phenoxy) is 1. The van der Waals surface area contributed by atoms with Gasteiger partial charge in [0.15, 0.2) is 0 Å². The summed E-state index contributed by atoms with van der Waals surface area (Å²) in [7, 11) is 0. The molecule has 2 rings (SSSR count). The van der Waals surface area contributed by atoms with E-state index in [1.807, 2.05) is 63.2 Å². The molecule has 2 aromatic rings. The van der Waals surface area contributed by atoms with Gasteiger partial charge in [-0.1, -0.05) is 25.1 Å². The first-order valence-corrected chi connectivity index (χ1v) is 6.93. The van der Waals surface area contributed by atoms with Crippen LogP contribution in [0, 0.1) is 0 Å². The van der Waals surface area contributed by atoms with Gasteiger partial charge in [-0.15, -0.1) is 0 Å². The molecule has 2 unspecified atom stereocenters. The molecule has 1 aromatic carbocycles. The average Bonchev–Trinajstić information content (AvgIpc) is 2.46. The standard InChI is InChI=1S/C17H21NO2/c1-12(2)20-15-8-6-7-14(11-15)17(19)13(3)16-9-4-5-10-18-16/h4-13,17,19H,1-3H3. The quantitative estimate of drug-likeness (QED) is 0.901. The molecule has 0 saturated carbocycles. The summed E-state index contributed by atoms with van der Waals surface area (Å²) in [5.41, 5.74) is 1.73. The largest absolute Gasteiger partial charge is 0.491 e. The van der Waals surface area contributed by atoms with Crippen LogP contribution < -0.4 is 4.74 Å². The summed E-state index contributed by atoms with van der Waals surface area (Å²) >= 11 is 0. The molecule has 1 aromatic heterocycles. The average molecular weight is 271 g/mol.